The van der Waals surface area contributed by atoms with E-state index in [4.69, 9.17) is 24.1 Å². The molecule has 2 saturated carbocycles. The van der Waals surface area contributed by atoms with Gasteiger partial charge in [0.05, 0.1) is 36.2 Å². The number of aromatic nitrogens is 5. The molecule has 1 saturated heterocycles. The van der Waals surface area contributed by atoms with E-state index in [9.17, 15) is 0 Å². The second kappa shape index (κ2) is 11.2. The monoisotopic (exact) mass is 646 g/mol. The van der Waals surface area contributed by atoms with Crippen molar-refractivity contribution in [2.45, 2.75) is 101 Å². The van der Waals surface area contributed by atoms with Gasteiger partial charge in [0.25, 0.3) is 0 Å². The van der Waals surface area contributed by atoms with Crippen LogP contribution in [0.15, 0.2) is 54.9 Å². The van der Waals surface area contributed by atoms with Crippen molar-refractivity contribution in [2.75, 3.05) is 13.7 Å². The molecular formula is C38H46N6O2Si. The minimum absolute atomic E-state index is 0.107. The molecule has 8 rings (SSSR count). The Kier molecular flexibility index (Phi) is 7.31. The third kappa shape index (κ3) is 5.66. The maximum Gasteiger partial charge on any atom is 0.192 e. The van der Waals surface area contributed by atoms with E-state index in [1.165, 1.54) is 18.4 Å². The molecule has 244 valence electrons. The lowest BCUT2D eigenvalue weighted by molar-refractivity contribution is 0.197. The molecule has 1 aliphatic heterocycles. The van der Waals surface area contributed by atoms with E-state index >= 15 is 0 Å². The molecule has 4 atom stereocenters. The Balaban J connectivity index is 1.19. The topological polar surface area (TPSA) is 86.5 Å². The Morgan fingerprint density at radius 3 is 2.53 bits per heavy atom. The molecule has 2 aliphatic carbocycles. The van der Waals surface area contributed by atoms with Crippen molar-refractivity contribution in [3.05, 3.63) is 83.3 Å². The Bertz CT molecular complexity index is 1990. The number of aryl methyl sites for hydroxylation is 1. The summed E-state index contributed by atoms with van der Waals surface area (Å²) in [5, 5.41) is 4.99. The first-order valence-corrected chi connectivity index (χ1v) is 20.1. The lowest BCUT2D eigenvalue weighted by atomic mass is 10.0. The fraction of sp³-hybridized carbons (Fsp3) is 0.474. The van der Waals surface area contributed by atoms with Gasteiger partial charge >= 0.3 is 0 Å². The number of fused-ring (bicyclic) bond motifs is 2. The Morgan fingerprint density at radius 1 is 0.957 bits per heavy atom. The van der Waals surface area contributed by atoms with Crippen LogP contribution >= 0.6 is 0 Å². The predicted molar refractivity (Wildman–Crippen MR) is 189 cm³/mol. The standard InChI is InChI=1S/C38H46N6O2Si/c1-22-14-15-39-37(41-22)29-18-28(29)31-19-33(45-5)27-12-10-24(16-30(27)42-31)36-35(43-34-13-11-25(21-44(34)36)23-8-9-23)32-17-26(20-40-32)46-47(6,7)38(2,3)4/h10-16,19,21,23,26,28-29,32,40H,8-9,17-18,20H2,1-7H3/t26-,28-,29-,32+/m0/s1. The number of ether oxygens (including phenoxy) is 1. The van der Waals surface area contributed by atoms with Gasteiger partial charge in [-0.3, -0.25) is 9.38 Å². The SMILES string of the molecule is COc1cc([C@H]2C[C@@H]2c2nccc(C)n2)nc2cc(-c3c([C@H]4C[C@H](O[Si](C)(C)C(C)(C)C)CN4)nc4ccc(C5CC5)cn34)ccc12. The summed E-state index contributed by atoms with van der Waals surface area (Å²) in [6.07, 6.45) is 8.78. The van der Waals surface area contributed by atoms with Crippen molar-refractivity contribution >= 4 is 24.9 Å². The van der Waals surface area contributed by atoms with E-state index < -0.39 is 8.32 Å². The summed E-state index contributed by atoms with van der Waals surface area (Å²) in [5.74, 6) is 2.98. The average Bonchev–Trinajstić information content (AvgIpc) is 3.96. The first kappa shape index (κ1) is 30.7. The van der Waals surface area contributed by atoms with Crippen LogP contribution in [0.25, 0.3) is 27.8 Å². The number of hydrogen-bond acceptors (Lipinski definition) is 7. The number of pyridine rings is 2. The van der Waals surface area contributed by atoms with Gasteiger partial charge in [-0.15, -0.1) is 0 Å². The molecule has 1 aromatic carbocycles. The van der Waals surface area contributed by atoms with Crippen LogP contribution in [0.5, 0.6) is 5.75 Å². The highest BCUT2D eigenvalue weighted by atomic mass is 28.4. The summed E-state index contributed by atoms with van der Waals surface area (Å²) >= 11 is 0. The molecule has 5 heterocycles. The molecule has 3 fully saturated rings. The van der Waals surface area contributed by atoms with Crippen molar-refractivity contribution in [1.29, 1.82) is 0 Å². The van der Waals surface area contributed by atoms with Crippen LogP contribution < -0.4 is 10.1 Å². The van der Waals surface area contributed by atoms with E-state index in [1.807, 2.05) is 19.2 Å². The van der Waals surface area contributed by atoms with Crippen LogP contribution in [0.3, 0.4) is 0 Å². The van der Waals surface area contributed by atoms with E-state index in [2.05, 4.69) is 91.2 Å². The summed E-state index contributed by atoms with van der Waals surface area (Å²) in [7, 11) is -0.149. The number of nitrogens with one attached hydrogen (secondary N) is 1. The summed E-state index contributed by atoms with van der Waals surface area (Å²) in [6.45, 7) is 14.5. The fourth-order valence-corrected chi connectivity index (χ4v) is 8.40. The number of benzene rings is 1. The molecule has 0 unspecified atom stereocenters. The summed E-state index contributed by atoms with van der Waals surface area (Å²) in [4.78, 5) is 19.8. The summed E-state index contributed by atoms with van der Waals surface area (Å²) < 4.78 is 15.1. The number of hydrogen-bond donors (Lipinski definition) is 1. The van der Waals surface area contributed by atoms with Crippen LogP contribution in [-0.4, -0.2) is 52.4 Å². The van der Waals surface area contributed by atoms with Crippen LogP contribution in [0, 0.1) is 6.92 Å². The fourth-order valence-electron chi connectivity index (χ4n) is 7.04. The predicted octanol–water partition coefficient (Wildman–Crippen LogP) is 8.23. The molecule has 9 heteroatoms. The second-order valence-corrected chi connectivity index (χ2v) is 20.2. The van der Waals surface area contributed by atoms with Crippen LogP contribution in [-0.2, 0) is 4.43 Å². The third-order valence-corrected chi connectivity index (χ3v) is 15.5. The van der Waals surface area contributed by atoms with Crippen molar-refractivity contribution in [1.82, 2.24) is 29.7 Å². The zero-order chi connectivity index (χ0) is 32.7. The van der Waals surface area contributed by atoms with Gasteiger partial charge in [0.15, 0.2) is 8.32 Å². The quantitative estimate of drug-likeness (QED) is 0.170. The largest absolute Gasteiger partial charge is 0.496 e. The number of rotatable bonds is 8. The molecule has 5 aromatic rings. The number of nitrogens with zero attached hydrogens (tertiary/aromatic N) is 5. The molecule has 0 radical (unpaired) electrons. The van der Waals surface area contributed by atoms with Gasteiger partial charge in [0.1, 0.15) is 17.2 Å². The van der Waals surface area contributed by atoms with Gasteiger partial charge in [-0.2, -0.15) is 0 Å². The first-order chi connectivity index (χ1) is 22.5. The van der Waals surface area contributed by atoms with E-state index in [0.717, 1.165) is 75.8 Å². The van der Waals surface area contributed by atoms with Gasteiger partial charge in [0.2, 0.25) is 0 Å². The van der Waals surface area contributed by atoms with E-state index in [0.29, 0.717) is 5.92 Å². The van der Waals surface area contributed by atoms with Crippen molar-refractivity contribution in [3.63, 3.8) is 0 Å². The summed E-state index contributed by atoms with van der Waals surface area (Å²) in [6, 6.07) is 15.2. The van der Waals surface area contributed by atoms with Gasteiger partial charge in [0, 0.05) is 59.2 Å². The minimum atomic E-state index is -1.90. The molecule has 0 bridgehead atoms. The smallest absolute Gasteiger partial charge is 0.192 e. The van der Waals surface area contributed by atoms with Gasteiger partial charge < -0.3 is 14.5 Å². The minimum Gasteiger partial charge on any atom is -0.496 e. The number of methoxy groups -OCH3 is 1. The molecule has 1 N–H and O–H groups in total. The van der Waals surface area contributed by atoms with Gasteiger partial charge in [-0.25, -0.2) is 15.0 Å². The lowest BCUT2D eigenvalue weighted by Gasteiger charge is -2.38. The molecule has 4 aromatic heterocycles. The van der Waals surface area contributed by atoms with E-state index in [1.54, 1.807) is 7.11 Å². The van der Waals surface area contributed by atoms with Crippen LogP contribution in [0.1, 0.15) is 98.7 Å². The Labute approximate surface area is 278 Å². The first-order valence-electron chi connectivity index (χ1n) is 17.2. The van der Waals surface area contributed by atoms with Gasteiger partial charge in [-0.1, -0.05) is 32.9 Å². The Morgan fingerprint density at radius 2 is 1.79 bits per heavy atom. The molecule has 3 aliphatic rings. The van der Waals surface area contributed by atoms with Crippen LogP contribution in [0.4, 0.5) is 0 Å². The molecule has 0 amide bonds. The second-order valence-electron chi connectivity index (χ2n) is 15.5. The van der Waals surface area contributed by atoms with Crippen LogP contribution in [0.2, 0.25) is 18.1 Å². The molecule has 47 heavy (non-hydrogen) atoms. The Hall–Kier alpha value is -3.66. The molecular weight excluding hydrogens is 601 g/mol. The zero-order valence-corrected chi connectivity index (χ0v) is 29.7. The number of imidazole rings is 1. The van der Waals surface area contributed by atoms with Crippen molar-refractivity contribution in [2.24, 2.45) is 0 Å². The lowest BCUT2D eigenvalue weighted by Crippen LogP contribution is -2.44. The maximum absolute atomic E-state index is 6.87. The van der Waals surface area contributed by atoms with Crippen molar-refractivity contribution < 1.29 is 9.16 Å². The highest BCUT2D eigenvalue weighted by Crippen LogP contribution is 2.54. The molecule has 0 spiro atoms. The highest BCUT2D eigenvalue weighted by Gasteiger charge is 2.44. The van der Waals surface area contributed by atoms with Crippen molar-refractivity contribution in [3.8, 4) is 17.0 Å². The average molecular weight is 647 g/mol. The third-order valence-electron chi connectivity index (χ3n) is 11.0. The van der Waals surface area contributed by atoms with Gasteiger partial charge in [-0.05, 0) is 86.5 Å². The van der Waals surface area contributed by atoms with E-state index in [-0.39, 0.29) is 29.0 Å². The maximum atomic E-state index is 6.87. The molecule has 8 nitrogen and oxygen atoms in total. The highest BCUT2D eigenvalue weighted by molar-refractivity contribution is 6.74. The normalized spacial score (nSPS) is 23.1. The summed E-state index contributed by atoms with van der Waals surface area (Å²) in [5.41, 5.74) is 8.68. The zero-order valence-electron chi connectivity index (χ0n) is 28.7.